The van der Waals surface area contributed by atoms with Crippen molar-refractivity contribution in [3.63, 3.8) is 0 Å². The summed E-state index contributed by atoms with van der Waals surface area (Å²) < 4.78 is 20.8. The van der Waals surface area contributed by atoms with Crippen molar-refractivity contribution in [3.05, 3.63) is 35.7 Å². The van der Waals surface area contributed by atoms with Gasteiger partial charge in [-0.15, -0.1) is 0 Å². The van der Waals surface area contributed by atoms with E-state index < -0.39 is 37.0 Å². The molecule has 0 atom stereocenters. The molecule has 0 aliphatic heterocycles. The fourth-order valence-electron chi connectivity index (χ4n) is 2.60. The second-order valence-corrected chi connectivity index (χ2v) is 11.0. The van der Waals surface area contributed by atoms with Gasteiger partial charge in [0, 0.05) is 5.69 Å². The summed E-state index contributed by atoms with van der Waals surface area (Å²) in [5, 5.41) is 0. The topological polar surface area (TPSA) is 94.5 Å². The Labute approximate surface area is 224 Å². The molecular formula is C19H17Cl6FN4O4. The molecule has 1 heterocycles. The summed E-state index contributed by atoms with van der Waals surface area (Å²) in [7, 11) is 0. The highest BCUT2D eigenvalue weighted by Gasteiger charge is 2.34. The first-order chi connectivity index (χ1) is 15.8. The summed E-state index contributed by atoms with van der Waals surface area (Å²) in [4.78, 5) is 37.0. The number of halogens is 7. The molecule has 1 aromatic carbocycles. The third-order valence-corrected chi connectivity index (χ3v) is 4.97. The van der Waals surface area contributed by atoms with Gasteiger partial charge in [0.15, 0.2) is 17.5 Å². The van der Waals surface area contributed by atoms with E-state index in [4.69, 9.17) is 79.1 Å². The number of hydrogen-bond donors (Lipinski definition) is 0. The molecular weight excluding hydrogens is 580 g/mol. The molecule has 0 bridgehead atoms. The highest BCUT2D eigenvalue weighted by molar-refractivity contribution is 6.67. The zero-order chi connectivity index (χ0) is 25.7. The van der Waals surface area contributed by atoms with Crippen LogP contribution in [0, 0.1) is 5.82 Å². The number of alkyl halides is 6. The molecule has 0 radical (unpaired) electrons. The zero-order valence-corrected chi connectivity index (χ0v) is 22.2. The highest BCUT2D eigenvalue weighted by Crippen LogP contribution is 2.41. The first-order valence-corrected chi connectivity index (χ1v) is 11.8. The normalized spacial score (nSPS) is 11.8. The Hall–Kier alpha value is -1.36. The third-order valence-electron chi connectivity index (χ3n) is 3.95. The summed E-state index contributed by atoms with van der Waals surface area (Å²) in [6.45, 7) is 2.88. The molecule has 0 saturated heterocycles. The Balaban J connectivity index is 2.51. The minimum Gasteiger partial charge on any atom is -0.465 e. The number of rotatable bonds is 8. The monoisotopic (exact) mass is 594 g/mol. The average Bonchev–Trinajstić information content (AvgIpc) is 2.72. The van der Waals surface area contributed by atoms with E-state index in [0.717, 1.165) is 6.07 Å². The van der Waals surface area contributed by atoms with E-state index >= 15 is 4.39 Å². The van der Waals surface area contributed by atoms with Crippen LogP contribution < -0.4 is 4.90 Å². The molecule has 0 aliphatic carbocycles. The lowest BCUT2D eigenvalue weighted by molar-refractivity contribution is -0.142. The Morgan fingerprint density at radius 2 is 1.35 bits per heavy atom. The van der Waals surface area contributed by atoms with E-state index in [2.05, 4.69) is 15.0 Å². The van der Waals surface area contributed by atoms with Crippen molar-refractivity contribution in [2.45, 2.75) is 21.4 Å². The van der Waals surface area contributed by atoms with Gasteiger partial charge in [0.05, 0.1) is 18.8 Å². The van der Waals surface area contributed by atoms with Crippen LogP contribution in [-0.2, 0) is 26.6 Å². The van der Waals surface area contributed by atoms with Crippen molar-refractivity contribution in [3.8, 4) is 11.4 Å². The maximum absolute atomic E-state index is 15.2. The molecule has 0 spiro atoms. The number of benzene rings is 1. The quantitative estimate of drug-likeness (QED) is 0.301. The fourth-order valence-corrected chi connectivity index (χ4v) is 3.10. The molecule has 15 heteroatoms. The van der Waals surface area contributed by atoms with Crippen molar-refractivity contribution in [1.82, 2.24) is 15.0 Å². The van der Waals surface area contributed by atoms with Gasteiger partial charge in [-0.3, -0.25) is 9.59 Å². The summed E-state index contributed by atoms with van der Waals surface area (Å²) in [6, 6.07) is 3.76. The molecule has 0 saturated carbocycles. The number of nitrogens with zero attached hydrogens (tertiary/aromatic N) is 4. The minimum atomic E-state index is -2.12. The lowest BCUT2D eigenvalue weighted by atomic mass is 10.1. The van der Waals surface area contributed by atoms with Gasteiger partial charge in [0.1, 0.15) is 18.9 Å². The smallest absolute Gasteiger partial charge is 0.325 e. The second kappa shape index (κ2) is 12.1. The SMILES string of the molecule is CCOC(=O)CN(CC(=O)OCC)c1ccc(-c2nc(C(Cl)(Cl)Cl)nc(C(Cl)(Cl)Cl)n2)c(F)c1. The number of carbonyl (C=O) groups is 2. The van der Waals surface area contributed by atoms with Crippen LogP contribution in [0.3, 0.4) is 0 Å². The van der Waals surface area contributed by atoms with E-state index in [1.807, 2.05) is 0 Å². The van der Waals surface area contributed by atoms with Crippen LogP contribution in [0.2, 0.25) is 0 Å². The van der Waals surface area contributed by atoms with E-state index in [0.29, 0.717) is 0 Å². The molecule has 8 nitrogen and oxygen atoms in total. The Morgan fingerprint density at radius 3 is 1.74 bits per heavy atom. The number of ether oxygens (including phenoxy) is 2. The second-order valence-electron chi connectivity index (χ2n) is 6.43. The molecule has 0 amide bonds. The van der Waals surface area contributed by atoms with Crippen molar-refractivity contribution < 1.29 is 23.5 Å². The summed E-state index contributed by atoms with van der Waals surface area (Å²) >= 11 is 35.1. The first kappa shape index (κ1) is 28.9. The molecule has 0 N–H and O–H groups in total. The van der Waals surface area contributed by atoms with Gasteiger partial charge in [0.2, 0.25) is 7.59 Å². The van der Waals surface area contributed by atoms with Gasteiger partial charge in [-0.25, -0.2) is 19.3 Å². The van der Waals surface area contributed by atoms with Gasteiger partial charge in [-0.2, -0.15) is 0 Å². The predicted molar refractivity (Wildman–Crippen MR) is 129 cm³/mol. The lowest BCUT2D eigenvalue weighted by Gasteiger charge is -2.23. The standard InChI is InChI=1S/C19H17Cl6FN4O4/c1-3-33-13(31)8-30(9-14(32)34-4-2)10-5-6-11(12(26)7-10)15-27-16(18(20,21)22)29-17(28-15)19(23,24)25/h5-7H,3-4,8-9H2,1-2H3. The largest absolute Gasteiger partial charge is 0.465 e. The van der Waals surface area contributed by atoms with Crippen LogP contribution >= 0.6 is 69.6 Å². The van der Waals surface area contributed by atoms with E-state index in [1.54, 1.807) is 13.8 Å². The van der Waals surface area contributed by atoms with Crippen molar-refractivity contribution in [2.24, 2.45) is 0 Å². The molecule has 2 aromatic rings. The van der Waals surface area contributed by atoms with Crippen molar-refractivity contribution in [2.75, 3.05) is 31.2 Å². The van der Waals surface area contributed by atoms with Gasteiger partial charge < -0.3 is 14.4 Å². The summed E-state index contributed by atoms with van der Waals surface area (Å²) in [5.41, 5.74) is 0.0315. The van der Waals surface area contributed by atoms with E-state index in [-0.39, 0.29) is 43.4 Å². The highest BCUT2D eigenvalue weighted by atomic mass is 35.6. The van der Waals surface area contributed by atoms with Crippen LogP contribution in [0.1, 0.15) is 25.5 Å². The van der Waals surface area contributed by atoms with Crippen LogP contribution in [0.15, 0.2) is 18.2 Å². The average molecular weight is 597 g/mol. The summed E-state index contributed by atoms with van der Waals surface area (Å²) in [5.74, 6) is -3.13. The number of esters is 2. The molecule has 1 aromatic heterocycles. The Kier molecular flexibility index (Phi) is 10.2. The number of aromatic nitrogens is 3. The first-order valence-electron chi connectivity index (χ1n) is 9.52. The van der Waals surface area contributed by atoms with Crippen LogP contribution in [-0.4, -0.2) is 53.2 Å². The fraction of sp³-hybridized carbons (Fsp3) is 0.421. The van der Waals surface area contributed by atoms with E-state index in [1.165, 1.54) is 17.0 Å². The van der Waals surface area contributed by atoms with Crippen molar-refractivity contribution in [1.29, 1.82) is 0 Å². The lowest BCUT2D eigenvalue weighted by Crippen LogP contribution is -2.36. The molecule has 186 valence electrons. The van der Waals surface area contributed by atoms with Gasteiger partial charge >= 0.3 is 11.9 Å². The van der Waals surface area contributed by atoms with Crippen molar-refractivity contribution >= 4 is 87.2 Å². The van der Waals surface area contributed by atoms with Gasteiger partial charge in [-0.05, 0) is 32.0 Å². The van der Waals surface area contributed by atoms with Crippen LogP contribution in [0.5, 0.6) is 0 Å². The molecule has 0 aliphatic rings. The predicted octanol–water partition coefficient (Wildman–Crippen LogP) is 5.26. The molecule has 0 unspecified atom stereocenters. The molecule has 2 rings (SSSR count). The number of anilines is 1. The maximum atomic E-state index is 15.2. The molecule has 34 heavy (non-hydrogen) atoms. The van der Waals surface area contributed by atoms with Crippen LogP contribution in [0.4, 0.5) is 10.1 Å². The van der Waals surface area contributed by atoms with E-state index in [9.17, 15) is 9.59 Å². The third kappa shape index (κ3) is 8.10. The number of hydrogen-bond acceptors (Lipinski definition) is 8. The van der Waals surface area contributed by atoms with Gasteiger partial charge in [-0.1, -0.05) is 69.6 Å². The van der Waals surface area contributed by atoms with Gasteiger partial charge in [0.25, 0.3) is 0 Å². The summed E-state index contributed by atoms with van der Waals surface area (Å²) in [6.07, 6.45) is 0. The number of carbonyl (C=O) groups excluding carboxylic acids is 2. The Bertz CT molecular complexity index is 996. The zero-order valence-electron chi connectivity index (χ0n) is 17.6. The Morgan fingerprint density at radius 1 is 0.882 bits per heavy atom. The molecule has 0 fully saturated rings. The minimum absolute atomic E-state index is 0.135. The van der Waals surface area contributed by atoms with Crippen LogP contribution in [0.25, 0.3) is 11.4 Å². The maximum Gasteiger partial charge on any atom is 0.325 e.